The second-order valence-corrected chi connectivity index (χ2v) is 5.65. The van der Waals surface area contributed by atoms with E-state index >= 15 is 0 Å². The molecule has 1 fully saturated rings. The van der Waals surface area contributed by atoms with E-state index in [0.29, 0.717) is 5.25 Å². The number of ether oxygens (including phenoxy) is 2. The highest BCUT2D eigenvalue weighted by Gasteiger charge is 2.28. The Hall–Kier alpha value is -0.910. The Kier molecular flexibility index (Phi) is 4.74. The summed E-state index contributed by atoms with van der Waals surface area (Å²) in [6.07, 6.45) is 2.45. The number of thioether (sulfide) groups is 1. The molecule has 0 spiro atoms. The molecule has 0 aliphatic carbocycles. The standard InChI is InChI=1S/C13H20N2O2S/c1-16-9-5-6-10(11(8-9)17-2)13(15-14)12-4-3-7-18-12/h5-6,8,12-13,15H,3-4,7,14H2,1-2H3. The maximum Gasteiger partial charge on any atom is 0.127 e. The Morgan fingerprint density at radius 3 is 2.78 bits per heavy atom. The average molecular weight is 268 g/mol. The van der Waals surface area contributed by atoms with E-state index in [9.17, 15) is 0 Å². The molecule has 1 saturated heterocycles. The van der Waals surface area contributed by atoms with E-state index in [-0.39, 0.29) is 6.04 Å². The first-order chi connectivity index (χ1) is 8.80. The summed E-state index contributed by atoms with van der Waals surface area (Å²) in [5.41, 5.74) is 4.03. The van der Waals surface area contributed by atoms with Gasteiger partial charge in [0.15, 0.2) is 0 Å². The van der Waals surface area contributed by atoms with Crippen LogP contribution in [-0.4, -0.2) is 25.2 Å². The minimum atomic E-state index is 0.123. The molecule has 0 bridgehead atoms. The molecule has 5 heteroatoms. The van der Waals surface area contributed by atoms with Crippen molar-refractivity contribution in [2.45, 2.75) is 24.1 Å². The van der Waals surface area contributed by atoms with Gasteiger partial charge in [0.2, 0.25) is 0 Å². The number of benzene rings is 1. The van der Waals surface area contributed by atoms with Gasteiger partial charge in [-0.1, -0.05) is 0 Å². The number of methoxy groups -OCH3 is 2. The molecule has 0 amide bonds. The summed E-state index contributed by atoms with van der Waals surface area (Å²) in [6.45, 7) is 0. The zero-order valence-corrected chi connectivity index (χ0v) is 11.6. The van der Waals surface area contributed by atoms with Crippen LogP contribution in [0.4, 0.5) is 0 Å². The van der Waals surface area contributed by atoms with Gasteiger partial charge in [-0.2, -0.15) is 11.8 Å². The van der Waals surface area contributed by atoms with Crippen LogP contribution in [0.15, 0.2) is 18.2 Å². The minimum absolute atomic E-state index is 0.123. The van der Waals surface area contributed by atoms with Crippen LogP contribution < -0.4 is 20.7 Å². The Labute approximate surface area is 112 Å². The van der Waals surface area contributed by atoms with Gasteiger partial charge in [-0.3, -0.25) is 11.3 Å². The number of rotatable bonds is 5. The first-order valence-electron chi connectivity index (χ1n) is 6.09. The number of hydrogen-bond donors (Lipinski definition) is 2. The Morgan fingerprint density at radius 1 is 1.39 bits per heavy atom. The molecule has 1 aliphatic heterocycles. The van der Waals surface area contributed by atoms with Gasteiger partial charge in [-0.15, -0.1) is 0 Å². The average Bonchev–Trinajstić information content (AvgIpc) is 2.94. The van der Waals surface area contributed by atoms with Crippen molar-refractivity contribution in [3.05, 3.63) is 23.8 Å². The van der Waals surface area contributed by atoms with Crippen LogP contribution in [0.2, 0.25) is 0 Å². The molecule has 2 rings (SSSR count). The summed E-state index contributed by atoms with van der Waals surface area (Å²) in [7, 11) is 3.33. The molecule has 2 unspecified atom stereocenters. The topological polar surface area (TPSA) is 56.5 Å². The lowest BCUT2D eigenvalue weighted by Crippen LogP contribution is -2.34. The Morgan fingerprint density at radius 2 is 2.22 bits per heavy atom. The molecule has 100 valence electrons. The van der Waals surface area contributed by atoms with Crippen molar-refractivity contribution in [2.75, 3.05) is 20.0 Å². The van der Waals surface area contributed by atoms with Gasteiger partial charge in [-0.05, 0) is 30.7 Å². The lowest BCUT2D eigenvalue weighted by molar-refractivity contribution is 0.382. The van der Waals surface area contributed by atoms with E-state index in [2.05, 4.69) is 5.43 Å². The van der Waals surface area contributed by atoms with Gasteiger partial charge in [-0.25, -0.2) is 0 Å². The van der Waals surface area contributed by atoms with Crippen LogP contribution >= 0.6 is 11.8 Å². The minimum Gasteiger partial charge on any atom is -0.497 e. The van der Waals surface area contributed by atoms with Crippen LogP contribution in [0.3, 0.4) is 0 Å². The fraction of sp³-hybridized carbons (Fsp3) is 0.538. The summed E-state index contributed by atoms with van der Waals surface area (Å²) in [5, 5.41) is 0.511. The van der Waals surface area contributed by atoms with Crippen molar-refractivity contribution in [3.63, 3.8) is 0 Å². The van der Waals surface area contributed by atoms with Crippen molar-refractivity contribution in [2.24, 2.45) is 5.84 Å². The zero-order valence-electron chi connectivity index (χ0n) is 10.8. The number of nitrogens with one attached hydrogen (secondary N) is 1. The molecular formula is C13H20N2O2S. The van der Waals surface area contributed by atoms with Crippen LogP contribution in [0.1, 0.15) is 24.4 Å². The van der Waals surface area contributed by atoms with Crippen molar-refractivity contribution < 1.29 is 9.47 Å². The third-order valence-electron chi connectivity index (χ3n) is 3.29. The van der Waals surface area contributed by atoms with Gasteiger partial charge in [0.1, 0.15) is 11.5 Å². The molecule has 0 saturated carbocycles. The third-order valence-corrected chi connectivity index (χ3v) is 4.75. The highest BCUT2D eigenvalue weighted by atomic mass is 32.2. The first-order valence-corrected chi connectivity index (χ1v) is 7.14. The number of hydrazine groups is 1. The summed E-state index contributed by atoms with van der Waals surface area (Å²) in [6, 6.07) is 6.00. The van der Waals surface area contributed by atoms with E-state index in [1.807, 2.05) is 30.0 Å². The van der Waals surface area contributed by atoms with E-state index in [1.165, 1.54) is 18.6 Å². The van der Waals surface area contributed by atoms with Gasteiger partial charge >= 0.3 is 0 Å². The van der Waals surface area contributed by atoms with Crippen molar-refractivity contribution in [3.8, 4) is 11.5 Å². The fourth-order valence-electron chi connectivity index (χ4n) is 2.34. The Balaban J connectivity index is 2.28. The van der Waals surface area contributed by atoms with Gasteiger partial charge in [0.25, 0.3) is 0 Å². The van der Waals surface area contributed by atoms with Crippen LogP contribution in [0.25, 0.3) is 0 Å². The van der Waals surface area contributed by atoms with E-state index < -0.39 is 0 Å². The Bertz CT molecular complexity index is 395. The lowest BCUT2D eigenvalue weighted by atomic mass is 10.00. The quantitative estimate of drug-likeness (QED) is 0.632. The first kappa shape index (κ1) is 13.5. The predicted molar refractivity (Wildman–Crippen MR) is 75.1 cm³/mol. The second-order valence-electron chi connectivity index (χ2n) is 4.30. The molecule has 1 heterocycles. The molecule has 1 aromatic carbocycles. The molecular weight excluding hydrogens is 248 g/mol. The predicted octanol–water partition coefficient (Wildman–Crippen LogP) is 2.10. The lowest BCUT2D eigenvalue weighted by Gasteiger charge is -2.24. The number of nitrogens with two attached hydrogens (primary N) is 1. The molecule has 3 N–H and O–H groups in total. The fourth-order valence-corrected chi connectivity index (χ4v) is 3.73. The summed E-state index contributed by atoms with van der Waals surface area (Å²) < 4.78 is 10.7. The molecule has 18 heavy (non-hydrogen) atoms. The summed E-state index contributed by atoms with van der Waals surface area (Å²) in [5.74, 6) is 8.56. The number of hydrogen-bond acceptors (Lipinski definition) is 5. The van der Waals surface area contributed by atoms with Crippen LogP contribution in [0.5, 0.6) is 11.5 Å². The second kappa shape index (κ2) is 6.31. The SMILES string of the molecule is COc1ccc(C(NN)C2CCCS2)c(OC)c1. The van der Waals surface area contributed by atoms with Gasteiger partial charge in [0.05, 0.1) is 20.3 Å². The normalized spacial score (nSPS) is 20.7. The highest BCUT2D eigenvalue weighted by Crippen LogP contribution is 2.39. The maximum absolute atomic E-state index is 5.73. The van der Waals surface area contributed by atoms with Crippen molar-refractivity contribution in [1.82, 2.24) is 5.43 Å². The third kappa shape index (κ3) is 2.74. The highest BCUT2D eigenvalue weighted by molar-refractivity contribution is 8.00. The molecule has 1 aliphatic rings. The molecule has 4 nitrogen and oxygen atoms in total. The van der Waals surface area contributed by atoms with Crippen molar-refractivity contribution >= 4 is 11.8 Å². The van der Waals surface area contributed by atoms with E-state index in [1.54, 1.807) is 14.2 Å². The maximum atomic E-state index is 5.73. The van der Waals surface area contributed by atoms with Gasteiger partial charge in [0, 0.05) is 16.9 Å². The molecule has 0 radical (unpaired) electrons. The van der Waals surface area contributed by atoms with E-state index in [4.69, 9.17) is 15.3 Å². The van der Waals surface area contributed by atoms with Gasteiger partial charge < -0.3 is 9.47 Å². The molecule has 0 aromatic heterocycles. The largest absolute Gasteiger partial charge is 0.497 e. The van der Waals surface area contributed by atoms with E-state index in [0.717, 1.165) is 17.1 Å². The van der Waals surface area contributed by atoms with Crippen molar-refractivity contribution in [1.29, 1.82) is 0 Å². The van der Waals surface area contributed by atoms with Crippen LogP contribution in [0, 0.1) is 0 Å². The zero-order chi connectivity index (χ0) is 13.0. The summed E-state index contributed by atoms with van der Waals surface area (Å²) >= 11 is 1.97. The molecule has 2 atom stereocenters. The molecule has 1 aromatic rings. The summed E-state index contributed by atoms with van der Waals surface area (Å²) in [4.78, 5) is 0. The smallest absolute Gasteiger partial charge is 0.127 e. The van der Waals surface area contributed by atoms with Crippen LogP contribution in [-0.2, 0) is 0 Å². The monoisotopic (exact) mass is 268 g/mol.